The maximum Gasteiger partial charge on any atom is 0.275 e. The zero-order valence-electron chi connectivity index (χ0n) is 12.8. The highest BCUT2D eigenvalue weighted by Gasteiger charge is 2.46. The third kappa shape index (κ3) is 2.26. The fourth-order valence-electron chi connectivity index (χ4n) is 2.77. The smallest absolute Gasteiger partial charge is 0.275 e. The lowest BCUT2D eigenvalue weighted by Crippen LogP contribution is -2.65. The quantitative estimate of drug-likeness (QED) is 0.613. The number of nitrogens with zero attached hydrogens (tertiary/aromatic N) is 2. The monoisotopic (exact) mass is 320 g/mol. The van der Waals surface area contributed by atoms with Gasteiger partial charge in [0.2, 0.25) is 5.66 Å². The lowest BCUT2D eigenvalue weighted by atomic mass is 9.98. The Kier molecular flexibility index (Phi) is 3.19. The number of nitrogens with two attached hydrogens (primary N) is 1. The average molecular weight is 320 g/mol. The minimum Gasteiger partial charge on any atom is -0.398 e. The first-order chi connectivity index (χ1) is 11.7. The van der Waals surface area contributed by atoms with E-state index in [1.807, 2.05) is 48.5 Å². The summed E-state index contributed by atoms with van der Waals surface area (Å²) >= 11 is 0. The summed E-state index contributed by atoms with van der Waals surface area (Å²) in [5.74, 6) is 0.157. The number of para-hydroxylation sites is 1. The van der Waals surface area contributed by atoms with Crippen molar-refractivity contribution in [1.82, 2.24) is 16.2 Å². The highest BCUT2D eigenvalue weighted by molar-refractivity contribution is 6.15. The molecule has 0 aliphatic carbocycles. The van der Waals surface area contributed by atoms with Gasteiger partial charge in [-0.25, -0.2) is 0 Å². The number of amides is 1. The molecule has 1 unspecified atom stereocenters. The molecule has 1 spiro atoms. The van der Waals surface area contributed by atoms with Gasteiger partial charge in [-0.1, -0.05) is 42.5 Å². The van der Waals surface area contributed by atoms with Crippen molar-refractivity contribution < 1.29 is 4.79 Å². The number of amidine groups is 1. The van der Waals surface area contributed by atoms with Crippen LogP contribution in [0.1, 0.15) is 17.5 Å². The van der Waals surface area contributed by atoms with Crippen LogP contribution in [0.3, 0.4) is 0 Å². The van der Waals surface area contributed by atoms with E-state index in [9.17, 15) is 4.79 Å². The van der Waals surface area contributed by atoms with Crippen molar-refractivity contribution in [3.05, 3.63) is 65.7 Å². The van der Waals surface area contributed by atoms with Gasteiger partial charge in [-0.2, -0.15) is 10.2 Å². The van der Waals surface area contributed by atoms with Crippen LogP contribution in [0.5, 0.6) is 0 Å². The molecule has 7 nitrogen and oxygen atoms in total. The Balaban J connectivity index is 1.58. The Labute approximate surface area is 138 Å². The molecule has 0 saturated carbocycles. The zero-order chi connectivity index (χ0) is 16.6. The average Bonchev–Trinajstić information content (AvgIpc) is 3.04. The van der Waals surface area contributed by atoms with Crippen molar-refractivity contribution in [2.75, 3.05) is 5.73 Å². The summed E-state index contributed by atoms with van der Waals surface area (Å²) in [6.07, 6.45) is 0.393. The Morgan fingerprint density at radius 1 is 0.958 bits per heavy atom. The standard InChI is InChI=1S/C17H16N6O/c18-13-9-5-4-8-12(13)15-19-16(24)17(23-21-15)10-14(20-22-17)11-6-2-1-3-7-11/h1-9,22-23H,10,18H2,(H,19,21,24). The number of benzene rings is 2. The van der Waals surface area contributed by atoms with E-state index < -0.39 is 5.66 Å². The molecule has 2 aliphatic rings. The van der Waals surface area contributed by atoms with Crippen LogP contribution in [0.2, 0.25) is 0 Å². The van der Waals surface area contributed by atoms with Gasteiger partial charge >= 0.3 is 0 Å². The lowest BCUT2D eigenvalue weighted by molar-refractivity contribution is -0.127. The normalized spacial score (nSPS) is 22.2. The molecule has 1 atom stereocenters. The largest absolute Gasteiger partial charge is 0.398 e. The van der Waals surface area contributed by atoms with Gasteiger partial charge in [0.1, 0.15) is 0 Å². The number of hydrogen-bond donors (Lipinski definition) is 4. The Morgan fingerprint density at radius 2 is 1.67 bits per heavy atom. The maximum atomic E-state index is 12.7. The van der Waals surface area contributed by atoms with Gasteiger partial charge in [-0.05, 0) is 17.7 Å². The number of rotatable bonds is 2. The molecular weight excluding hydrogens is 304 g/mol. The van der Waals surface area contributed by atoms with Crippen LogP contribution in [-0.2, 0) is 4.79 Å². The minimum absolute atomic E-state index is 0.245. The van der Waals surface area contributed by atoms with Gasteiger partial charge in [0.05, 0.1) is 5.71 Å². The molecule has 120 valence electrons. The third-order valence-corrected chi connectivity index (χ3v) is 4.12. The molecule has 24 heavy (non-hydrogen) atoms. The molecule has 0 bridgehead atoms. The fraction of sp³-hybridized carbons (Fsp3) is 0.118. The summed E-state index contributed by atoms with van der Waals surface area (Å²) in [5, 5.41) is 11.4. The van der Waals surface area contributed by atoms with E-state index in [2.05, 4.69) is 26.4 Å². The van der Waals surface area contributed by atoms with E-state index in [0.29, 0.717) is 23.5 Å². The molecule has 2 aliphatic heterocycles. The maximum absolute atomic E-state index is 12.7. The Bertz CT molecular complexity index is 860. The van der Waals surface area contributed by atoms with E-state index in [-0.39, 0.29) is 5.91 Å². The number of nitrogens with one attached hydrogen (secondary N) is 3. The van der Waals surface area contributed by atoms with Crippen molar-refractivity contribution in [2.24, 2.45) is 10.2 Å². The molecular formula is C17H16N6O. The number of carbonyl (C=O) groups excluding carboxylic acids is 1. The van der Waals surface area contributed by atoms with Crippen molar-refractivity contribution in [3.63, 3.8) is 0 Å². The predicted molar refractivity (Wildman–Crippen MR) is 92.1 cm³/mol. The number of hydrazone groups is 2. The molecule has 2 aromatic rings. The number of carbonyl (C=O) groups is 1. The van der Waals surface area contributed by atoms with Gasteiger partial charge in [0.25, 0.3) is 5.91 Å². The van der Waals surface area contributed by atoms with Gasteiger partial charge in [-0.3, -0.25) is 15.6 Å². The summed E-state index contributed by atoms with van der Waals surface area (Å²) in [5.41, 5.74) is 13.7. The van der Waals surface area contributed by atoms with Gasteiger partial charge in [-0.15, -0.1) is 0 Å². The Morgan fingerprint density at radius 3 is 2.42 bits per heavy atom. The molecule has 0 fully saturated rings. The first-order valence-corrected chi connectivity index (χ1v) is 7.58. The molecule has 2 aromatic carbocycles. The Hall–Kier alpha value is -3.35. The van der Waals surface area contributed by atoms with E-state index >= 15 is 0 Å². The topological polar surface area (TPSA) is 104 Å². The highest BCUT2D eigenvalue weighted by Crippen LogP contribution is 2.22. The van der Waals surface area contributed by atoms with Crippen molar-refractivity contribution >= 4 is 23.1 Å². The van der Waals surface area contributed by atoms with Gasteiger partial charge in [0, 0.05) is 17.7 Å². The second-order valence-corrected chi connectivity index (χ2v) is 5.73. The summed E-state index contributed by atoms with van der Waals surface area (Å²) in [7, 11) is 0. The van der Waals surface area contributed by atoms with Crippen molar-refractivity contribution in [2.45, 2.75) is 12.1 Å². The summed E-state index contributed by atoms with van der Waals surface area (Å²) in [6.45, 7) is 0. The second kappa shape index (κ2) is 5.38. The molecule has 4 rings (SSSR count). The second-order valence-electron chi connectivity index (χ2n) is 5.73. The molecule has 0 saturated heterocycles. The van der Waals surface area contributed by atoms with Crippen molar-refractivity contribution in [1.29, 1.82) is 0 Å². The zero-order valence-corrected chi connectivity index (χ0v) is 12.8. The first kappa shape index (κ1) is 14.3. The van der Waals surface area contributed by atoms with Gasteiger partial charge < -0.3 is 11.1 Å². The number of nitrogen functional groups attached to an aromatic ring is 1. The van der Waals surface area contributed by atoms with E-state index in [4.69, 9.17) is 5.73 Å². The SMILES string of the molecule is Nc1ccccc1C1=NNC2(CC(c3ccccc3)=NN2)C(=O)N1. The third-order valence-electron chi connectivity index (χ3n) is 4.12. The van der Waals surface area contributed by atoms with Crippen LogP contribution in [0, 0.1) is 0 Å². The fourth-order valence-corrected chi connectivity index (χ4v) is 2.77. The van der Waals surface area contributed by atoms with Crippen LogP contribution in [0.15, 0.2) is 64.8 Å². The first-order valence-electron chi connectivity index (χ1n) is 7.58. The van der Waals surface area contributed by atoms with E-state index in [1.165, 1.54) is 0 Å². The van der Waals surface area contributed by atoms with Crippen molar-refractivity contribution in [3.8, 4) is 0 Å². The molecule has 7 heteroatoms. The molecule has 2 heterocycles. The van der Waals surface area contributed by atoms with Crippen LogP contribution in [0.25, 0.3) is 0 Å². The molecule has 0 radical (unpaired) electrons. The summed E-state index contributed by atoms with van der Waals surface area (Å²) in [6, 6.07) is 17.0. The van der Waals surface area contributed by atoms with E-state index in [1.54, 1.807) is 6.07 Å². The summed E-state index contributed by atoms with van der Waals surface area (Å²) < 4.78 is 0. The number of anilines is 1. The predicted octanol–water partition coefficient (Wildman–Crippen LogP) is 0.744. The van der Waals surface area contributed by atoms with E-state index in [0.717, 1.165) is 11.3 Å². The van der Waals surface area contributed by atoms with Crippen LogP contribution >= 0.6 is 0 Å². The summed E-state index contributed by atoms with van der Waals surface area (Å²) in [4.78, 5) is 12.7. The molecule has 1 amide bonds. The van der Waals surface area contributed by atoms with Crippen LogP contribution < -0.4 is 21.9 Å². The molecule has 0 aromatic heterocycles. The lowest BCUT2D eigenvalue weighted by Gasteiger charge is -2.31. The number of hydrogen-bond acceptors (Lipinski definition) is 6. The van der Waals surface area contributed by atoms with Crippen LogP contribution in [-0.4, -0.2) is 23.1 Å². The molecule has 5 N–H and O–H groups in total. The van der Waals surface area contributed by atoms with Crippen LogP contribution in [0.4, 0.5) is 5.69 Å². The minimum atomic E-state index is -1.07. The highest BCUT2D eigenvalue weighted by atomic mass is 16.2. The van der Waals surface area contributed by atoms with Gasteiger partial charge in [0.15, 0.2) is 5.84 Å².